The second kappa shape index (κ2) is 2.65. The zero-order valence-electron chi connectivity index (χ0n) is 4.98. The van der Waals surface area contributed by atoms with Crippen LogP contribution in [0.15, 0.2) is 0 Å². The molecule has 1 heterocycles. The fourth-order valence-corrected chi connectivity index (χ4v) is 0.750. The van der Waals surface area contributed by atoms with Crippen LogP contribution in [0.5, 0.6) is 0 Å². The molecule has 0 unspecified atom stereocenters. The van der Waals surface area contributed by atoms with Gasteiger partial charge in [-0.05, 0) is 0 Å². The number of carbonyl (C=O) groups is 1. The van der Waals surface area contributed by atoms with E-state index < -0.39 is 6.03 Å². The Kier molecular flexibility index (Phi) is 1.86. The van der Waals surface area contributed by atoms with Crippen LogP contribution in [0.4, 0.5) is 4.79 Å². The summed E-state index contributed by atoms with van der Waals surface area (Å²) in [6.07, 6.45) is -0.137. The first-order valence-electron chi connectivity index (χ1n) is 2.82. The standard InChI is InChI=1S/C4H10N4O/c5-3(9)8-4-6-1-2-7-4/h4,6-7H,1-2H2,(H3,5,8,9). The molecule has 2 amide bonds. The first-order valence-corrected chi connectivity index (χ1v) is 2.82. The Morgan fingerprint density at radius 3 is 2.56 bits per heavy atom. The fourth-order valence-electron chi connectivity index (χ4n) is 0.750. The van der Waals surface area contributed by atoms with E-state index in [-0.39, 0.29) is 6.29 Å². The minimum absolute atomic E-state index is 0.137. The lowest BCUT2D eigenvalue weighted by molar-refractivity contribution is 0.242. The molecular formula is C4H10N4O. The second-order valence-electron chi connectivity index (χ2n) is 1.85. The summed E-state index contributed by atoms with van der Waals surface area (Å²) in [6.45, 7) is 1.73. The number of rotatable bonds is 1. The molecule has 1 aliphatic rings. The van der Waals surface area contributed by atoms with Crippen molar-refractivity contribution in [1.82, 2.24) is 16.0 Å². The van der Waals surface area contributed by atoms with Crippen LogP contribution >= 0.6 is 0 Å². The average molecular weight is 130 g/mol. The molecule has 5 heteroatoms. The van der Waals surface area contributed by atoms with Crippen molar-refractivity contribution in [2.45, 2.75) is 6.29 Å². The molecule has 0 spiro atoms. The summed E-state index contributed by atoms with van der Waals surface area (Å²) in [4.78, 5) is 10.2. The van der Waals surface area contributed by atoms with Crippen molar-refractivity contribution in [3.8, 4) is 0 Å². The van der Waals surface area contributed by atoms with Crippen LogP contribution in [-0.4, -0.2) is 25.4 Å². The largest absolute Gasteiger partial charge is 0.352 e. The topological polar surface area (TPSA) is 79.2 Å². The van der Waals surface area contributed by atoms with Crippen LogP contribution in [0.2, 0.25) is 0 Å². The molecular weight excluding hydrogens is 120 g/mol. The number of hydrogen-bond acceptors (Lipinski definition) is 3. The van der Waals surface area contributed by atoms with Gasteiger partial charge in [-0.25, -0.2) is 4.79 Å². The van der Waals surface area contributed by atoms with E-state index in [0.717, 1.165) is 13.1 Å². The van der Waals surface area contributed by atoms with Gasteiger partial charge in [-0.15, -0.1) is 0 Å². The molecule has 1 fully saturated rings. The Morgan fingerprint density at radius 1 is 1.56 bits per heavy atom. The zero-order valence-corrected chi connectivity index (χ0v) is 4.98. The Balaban J connectivity index is 2.19. The maximum absolute atomic E-state index is 10.2. The van der Waals surface area contributed by atoms with Gasteiger partial charge in [-0.2, -0.15) is 0 Å². The number of hydrogen-bond donors (Lipinski definition) is 4. The minimum Gasteiger partial charge on any atom is -0.352 e. The molecule has 9 heavy (non-hydrogen) atoms. The van der Waals surface area contributed by atoms with Gasteiger partial charge in [0.1, 0.15) is 6.29 Å². The highest BCUT2D eigenvalue weighted by molar-refractivity contribution is 5.71. The van der Waals surface area contributed by atoms with Gasteiger partial charge in [0.05, 0.1) is 0 Å². The summed E-state index contributed by atoms with van der Waals surface area (Å²) in [7, 11) is 0. The summed E-state index contributed by atoms with van der Waals surface area (Å²) in [6, 6.07) is -0.512. The Labute approximate surface area is 53.0 Å². The zero-order chi connectivity index (χ0) is 6.69. The monoisotopic (exact) mass is 130 g/mol. The van der Waals surface area contributed by atoms with Crippen LogP contribution in [0.25, 0.3) is 0 Å². The van der Waals surface area contributed by atoms with Crippen molar-refractivity contribution < 1.29 is 4.79 Å². The van der Waals surface area contributed by atoms with Crippen molar-refractivity contribution in [3.05, 3.63) is 0 Å². The van der Waals surface area contributed by atoms with Gasteiger partial charge in [0.2, 0.25) is 0 Å². The van der Waals surface area contributed by atoms with Crippen LogP contribution in [0, 0.1) is 0 Å². The van der Waals surface area contributed by atoms with Crippen molar-refractivity contribution >= 4 is 6.03 Å². The molecule has 0 saturated carbocycles. The van der Waals surface area contributed by atoms with Crippen molar-refractivity contribution in [3.63, 3.8) is 0 Å². The van der Waals surface area contributed by atoms with Crippen molar-refractivity contribution in [1.29, 1.82) is 0 Å². The Morgan fingerprint density at radius 2 is 2.11 bits per heavy atom. The summed E-state index contributed by atoms with van der Waals surface area (Å²) >= 11 is 0. The third kappa shape index (κ3) is 1.87. The summed E-state index contributed by atoms with van der Waals surface area (Å²) in [5.74, 6) is 0. The van der Waals surface area contributed by atoms with Gasteiger partial charge in [-0.3, -0.25) is 10.6 Å². The molecule has 0 aliphatic carbocycles. The Hall–Kier alpha value is -0.810. The summed E-state index contributed by atoms with van der Waals surface area (Å²) in [5, 5.41) is 8.39. The van der Waals surface area contributed by atoms with Crippen LogP contribution < -0.4 is 21.7 Å². The normalized spacial score (nSPS) is 20.0. The number of nitrogens with one attached hydrogen (secondary N) is 3. The number of carbonyl (C=O) groups excluding carboxylic acids is 1. The maximum Gasteiger partial charge on any atom is 0.314 e. The van der Waals surface area contributed by atoms with E-state index in [0.29, 0.717) is 0 Å². The van der Waals surface area contributed by atoms with Crippen molar-refractivity contribution in [2.75, 3.05) is 13.1 Å². The Bertz CT molecular complexity index is 109. The molecule has 0 aromatic carbocycles. The van der Waals surface area contributed by atoms with Crippen molar-refractivity contribution in [2.24, 2.45) is 5.73 Å². The first-order chi connectivity index (χ1) is 4.29. The molecule has 0 bridgehead atoms. The van der Waals surface area contributed by atoms with Gasteiger partial charge in [0.25, 0.3) is 0 Å². The van der Waals surface area contributed by atoms with Gasteiger partial charge < -0.3 is 11.1 Å². The predicted octanol–water partition coefficient (Wildman–Crippen LogP) is -1.87. The molecule has 0 aromatic rings. The molecule has 52 valence electrons. The van der Waals surface area contributed by atoms with Crippen LogP contribution in [0.3, 0.4) is 0 Å². The second-order valence-corrected chi connectivity index (χ2v) is 1.85. The first kappa shape index (κ1) is 6.31. The third-order valence-electron chi connectivity index (χ3n) is 1.11. The van der Waals surface area contributed by atoms with Crippen LogP contribution in [-0.2, 0) is 0 Å². The van der Waals surface area contributed by atoms with E-state index in [2.05, 4.69) is 16.0 Å². The summed E-state index contributed by atoms with van der Waals surface area (Å²) in [5.41, 5.74) is 4.84. The molecule has 5 nitrogen and oxygen atoms in total. The SMILES string of the molecule is NC(=O)NC1NCCN1. The number of urea groups is 1. The summed E-state index contributed by atoms with van der Waals surface area (Å²) < 4.78 is 0. The predicted molar refractivity (Wildman–Crippen MR) is 32.5 cm³/mol. The highest BCUT2D eigenvalue weighted by Gasteiger charge is 2.12. The van der Waals surface area contributed by atoms with Gasteiger partial charge in [0.15, 0.2) is 0 Å². The molecule has 0 aromatic heterocycles. The highest BCUT2D eigenvalue weighted by Crippen LogP contribution is 1.77. The van der Waals surface area contributed by atoms with E-state index >= 15 is 0 Å². The van der Waals surface area contributed by atoms with E-state index in [1.807, 2.05) is 0 Å². The number of amides is 2. The number of primary amides is 1. The molecule has 5 N–H and O–H groups in total. The average Bonchev–Trinajstić information content (AvgIpc) is 2.15. The van der Waals surface area contributed by atoms with Gasteiger partial charge in [0, 0.05) is 13.1 Å². The molecule has 1 saturated heterocycles. The van der Waals surface area contributed by atoms with Gasteiger partial charge in [-0.1, -0.05) is 0 Å². The minimum atomic E-state index is -0.512. The fraction of sp³-hybridized carbons (Fsp3) is 0.750. The number of nitrogens with two attached hydrogens (primary N) is 1. The lowest BCUT2D eigenvalue weighted by Gasteiger charge is -2.09. The van der Waals surface area contributed by atoms with E-state index in [4.69, 9.17) is 5.73 Å². The molecule has 1 aliphatic heterocycles. The van der Waals surface area contributed by atoms with E-state index in [1.54, 1.807) is 0 Å². The lowest BCUT2D eigenvalue weighted by Crippen LogP contribution is -2.50. The quantitative estimate of drug-likeness (QED) is 0.336. The third-order valence-corrected chi connectivity index (χ3v) is 1.11. The smallest absolute Gasteiger partial charge is 0.314 e. The highest BCUT2D eigenvalue weighted by atomic mass is 16.2. The molecule has 0 radical (unpaired) electrons. The maximum atomic E-state index is 10.2. The van der Waals surface area contributed by atoms with Gasteiger partial charge >= 0.3 is 6.03 Å². The lowest BCUT2D eigenvalue weighted by atomic mass is 10.7. The van der Waals surface area contributed by atoms with Crippen LogP contribution in [0.1, 0.15) is 0 Å². The molecule has 1 rings (SSSR count). The van der Waals surface area contributed by atoms with E-state index in [9.17, 15) is 4.79 Å². The molecule has 0 atom stereocenters. The van der Waals surface area contributed by atoms with E-state index in [1.165, 1.54) is 0 Å².